The maximum Gasteiger partial charge on any atom is 0.375 e. The molecule has 7 heteroatoms. The van der Waals surface area contributed by atoms with Crippen molar-refractivity contribution < 1.29 is 23.5 Å². The number of hydrogen-bond donors (Lipinski definition) is 1. The number of nitrogens with one attached hydrogen (secondary N) is 1. The van der Waals surface area contributed by atoms with Crippen LogP contribution in [0.2, 0.25) is 0 Å². The first-order chi connectivity index (χ1) is 8.99. The summed E-state index contributed by atoms with van der Waals surface area (Å²) >= 11 is 0. The molecule has 0 saturated carbocycles. The zero-order chi connectivity index (χ0) is 14.0. The van der Waals surface area contributed by atoms with Crippen LogP contribution in [0.1, 0.15) is 23.2 Å². The maximum absolute atomic E-state index is 11.9. The summed E-state index contributed by atoms with van der Waals surface area (Å²) in [5.74, 6) is -0.673. The lowest BCUT2D eigenvalue weighted by Crippen LogP contribution is -2.41. The standard InChI is InChI=1S/C12H14N2O5/c1-7-3-4-9(18-7)11(16)19-8(2)10(15)14-6-5-13-12(14)17/h3-4,8H,5-6H2,1-2H3,(H,13,17). The lowest BCUT2D eigenvalue weighted by molar-refractivity contribution is -0.136. The fourth-order valence-corrected chi connectivity index (χ4v) is 1.71. The van der Waals surface area contributed by atoms with Crippen LogP contribution in [0.25, 0.3) is 0 Å². The van der Waals surface area contributed by atoms with E-state index in [1.165, 1.54) is 13.0 Å². The summed E-state index contributed by atoms with van der Waals surface area (Å²) in [6.07, 6.45) is -1.04. The normalized spacial score (nSPS) is 16.1. The molecule has 0 aliphatic carbocycles. The first-order valence-corrected chi connectivity index (χ1v) is 5.85. The van der Waals surface area contributed by atoms with Crippen LogP contribution in [0.4, 0.5) is 4.79 Å². The van der Waals surface area contributed by atoms with Crippen LogP contribution in [-0.2, 0) is 9.53 Å². The van der Waals surface area contributed by atoms with E-state index in [1.807, 2.05) is 0 Å². The summed E-state index contributed by atoms with van der Waals surface area (Å²) in [6.45, 7) is 3.80. The van der Waals surface area contributed by atoms with Crippen LogP contribution in [0.5, 0.6) is 0 Å². The molecule has 7 nitrogen and oxygen atoms in total. The summed E-state index contributed by atoms with van der Waals surface area (Å²) in [6, 6.07) is 2.62. The van der Waals surface area contributed by atoms with Gasteiger partial charge in [0.2, 0.25) is 5.76 Å². The van der Waals surface area contributed by atoms with Gasteiger partial charge in [-0.15, -0.1) is 0 Å². The van der Waals surface area contributed by atoms with Crippen LogP contribution in [0.15, 0.2) is 16.5 Å². The van der Waals surface area contributed by atoms with Crippen LogP contribution in [0.3, 0.4) is 0 Å². The summed E-state index contributed by atoms with van der Waals surface area (Å²) in [4.78, 5) is 35.9. The summed E-state index contributed by atoms with van der Waals surface area (Å²) in [5.41, 5.74) is 0. The van der Waals surface area contributed by atoms with Gasteiger partial charge in [0.05, 0.1) is 0 Å². The monoisotopic (exact) mass is 266 g/mol. The molecule has 1 atom stereocenters. The zero-order valence-corrected chi connectivity index (χ0v) is 10.6. The SMILES string of the molecule is Cc1ccc(C(=O)OC(C)C(=O)N2CCNC2=O)o1. The summed E-state index contributed by atoms with van der Waals surface area (Å²) in [7, 11) is 0. The Hall–Kier alpha value is -2.31. The molecule has 19 heavy (non-hydrogen) atoms. The first kappa shape index (κ1) is 13.1. The molecular formula is C12H14N2O5. The third-order valence-electron chi connectivity index (χ3n) is 2.70. The van der Waals surface area contributed by atoms with Crippen molar-refractivity contribution in [2.45, 2.75) is 20.0 Å². The van der Waals surface area contributed by atoms with Gasteiger partial charge in [0.1, 0.15) is 5.76 Å². The van der Waals surface area contributed by atoms with Crippen LogP contribution in [-0.4, -0.2) is 42.0 Å². The highest BCUT2D eigenvalue weighted by Gasteiger charge is 2.32. The van der Waals surface area contributed by atoms with Gasteiger partial charge in [-0.1, -0.05) is 0 Å². The number of furan rings is 1. The van der Waals surface area contributed by atoms with E-state index in [2.05, 4.69) is 5.32 Å². The second kappa shape index (κ2) is 5.13. The fourth-order valence-electron chi connectivity index (χ4n) is 1.71. The Morgan fingerprint density at radius 1 is 1.47 bits per heavy atom. The second-order valence-corrected chi connectivity index (χ2v) is 4.18. The molecule has 102 valence electrons. The van der Waals surface area contributed by atoms with Crippen molar-refractivity contribution >= 4 is 17.9 Å². The molecule has 1 aliphatic heterocycles. The van der Waals surface area contributed by atoms with Crippen LogP contribution >= 0.6 is 0 Å². The van der Waals surface area contributed by atoms with Gasteiger partial charge in [-0.25, -0.2) is 9.59 Å². The number of rotatable bonds is 3. The minimum Gasteiger partial charge on any atom is -0.454 e. The van der Waals surface area contributed by atoms with Crippen molar-refractivity contribution in [3.63, 3.8) is 0 Å². The highest BCUT2D eigenvalue weighted by molar-refractivity contribution is 5.99. The quantitative estimate of drug-likeness (QED) is 0.813. The van der Waals surface area contributed by atoms with E-state index in [4.69, 9.17) is 9.15 Å². The predicted molar refractivity (Wildman–Crippen MR) is 63.4 cm³/mol. The Bertz CT molecular complexity index is 522. The third kappa shape index (κ3) is 2.75. The molecule has 1 saturated heterocycles. The molecule has 2 rings (SSSR count). The van der Waals surface area contributed by atoms with Crippen molar-refractivity contribution in [2.75, 3.05) is 13.1 Å². The highest BCUT2D eigenvalue weighted by Crippen LogP contribution is 2.11. The van der Waals surface area contributed by atoms with E-state index in [0.717, 1.165) is 4.90 Å². The molecule has 0 aromatic carbocycles. The number of aryl methyl sites for hydroxylation is 1. The van der Waals surface area contributed by atoms with Crippen molar-refractivity contribution in [1.82, 2.24) is 10.2 Å². The highest BCUT2D eigenvalue weighted by atomic mass is 16.6. The van der Waals surface area contributed by atoms with Gasteiger partial charge in [0.25, 0.3) is 5.91 Å². The smallest absolute Gasteiger partial charge is 0.375 e. The summed E-state index contributed by atoms with van der Waals surface area (Å²) < 4.78 is 10.1. The third-order valence-corrected chi connectivity index (χ3v) is 2.70. The molecule has 0 bridgehead atoms. The van der Waals surface area contributed by atoms with Crippen LogP contribution < -0.4 is 5.32 Å². The molecule has 1 N–H and O–H groups in total. The average molecular weight is 266 g/mol. The van der Waals surface area contributed by atoms with Gasteiger partial charge in [-0.2, -0.15) is 0 Å². The number of imide groups is 1. The molecule has 0 radical (unpaired) electrons. The number of ether oxygens (including phenoxy) is 1. The van der Waals surface area contributed by atoms with Gasteiger partial charge in [0, 0.05) is 13.1 Å². The number of urea groups is 1. The molecule has 1 fully saturated rings. The minimum absolute atomic E-state index is 0.0306. The van der Waals surface area contributed by atoms with Crippen molar-refractivity contribution in [1.29, 1.82) is 0 Å². The number of carbonyl (C=O) groups excluding carboxylic acids is 3. The van der Waals surface area contributed by atoms with Gasteiger partial charge >= 0.3 is 12.0 Å². The lowest BCUT2D eigenvalue weighted by atomic mass is 10.3. The number of carbonyl (C=O) groups is 3. The molecule has 0 spiro atoms. The van der Waals surface area contributed by atoms with Crippen LogP contribution in [0, 0.1) is 6.92 Å². The Morgan fingerprint density at radius 2 is 2.21 bits per heavy atom. The largest absolute Gasteiger partial charge is 0.454 e. The number of amides is 3. The van der Waals surface area contributed by atoms with E-state index >= 15 is 0 Å². The zero-order valence-electron chi connectivity index (χ0n) is 10.6. The first-order valence-electron chi connectivity index (χ1n) is 5.85. The number of hydrogen-bond acceptors (Lipinski definition) is 5. The van der Waals surface area contributed by atoms with E-state index in [1.54, 1.807) is 13.0 Å². The molecule has 3 amide bonds. The Labute approximate surface area is 109 Å². The Balaban J connectivity index is 1.97. The molecule has 1 aromatic heterocycles. The molecule has 1 aliphatic rings. The number of nitrogens with zero attached hydrogens (tertiary/aromatic N) is 1. The average Bonchev–Trinajstić information content (AvgIpc) is 2.97. The molecule has 1 unspecified atom stereocenters. The molecule has 2 heterocycles. The van der Waals surface area contributed by atoms with E-state index < -0.39 is 24.0 Å². The van der Waals surface area contributed by atoms with Gasteiger partial charge in [-0.3, -0.25) is 9.69 Å². The van der Waals surface area contributed by atoms with E-state index in [9.17, 15) is 14.4 Å². The maximum atomic E-state index is 11.9. The second-order valence-electron chi connectivity index (χ2n) is 4.18. The lowest BCUT2D eigenvalue weighted by Gasteiger charge is -2.17. The van der Waals surface area contributed by atoms with Gasteiger partial charge in [0.15, 0.2) is 6.10 Å². The fraction of sp³-hybridized carbons (Fsp3) is 0.417. The Kier molecular flexibility index (Phi) is 3.55. The van der Waals surface area contributed by atoms with Gasteiger partial charge < -0.3 is 14.5 Å². The predicted octanol–water partition coefficient (Wildman–Crippen LogP) is 0.685. The van der Waals surface area contributed by atoms with Crippen molar-refractivity contribution in [2.24, 2.45) is 0 Å². The Morgan fingerprint density at radius 3 is 2.74 bits per heavy atom. The van der Waals surface area contributed by atoms with E-state index in [0.29, 0.717) is 12.3 Å². The van der Waals surface area contributed by atoms with Gasteiger partial charge in [-0.05, 0) is 26.0 Å². The molecular weight excluding hydrogens is 252 g/mol. The van der Waals surface area contributed by atoms with Crippen molar-refractivity contribution in [3.8, 4) is 0 Å². The summed E-state index contributed by atoms with van der Waals surface area (Å²) in [5, 5.41) is 2.50. The van der Waals surface area contributed by atoms with E-state index in [-0.39, 0.29) is 12.3 Å². The number of esters is 1. The minimum atomic E-state index is -1.04. The topological polar surface area (TPSA) is 88.9 Å². The van der Waals surface area contributed by atoms with Crippen molar-refractivity contribution in [3.05, 3.63) is 23.7 Å². The molecule has 1 aromatic rings.